The van der Waals surface area contributed by atoms with Crippen LogP contribution in [0.3, 0.4) is 0 Å². The second-order valence-electron chi connectivity index (χ2n) is 10.0. The van der Waals surface area contributed by atoms with Crippen molar-refractivity contribution >= 4 is 32.2 Å². The van der Waals surface area contributed by atoms with E-state index in [1.54, 1.807) is 0 Å². The van der Waals surface area contributed by atoms with Crippen molar-refractivity contribution < 1.29 is 47.3 Å². The van der Waals surface area contributed by atoms with Crippen LogP contribution >= 0.6 is 0 Å². The minimum Gasteiger partial charge on any atom is -0.546 e. The highest BCUT2D eigenvalue weighted by atomic mass is 28.4. The summed E-state index contributed by atoms with van der Waals surface area (Å²) in [5.74, 6) is -3.51. The van der Waals surface area contributed by atoms with E-state index >= 15 is 0 Å². The van der Waals surface area contributed by atoms with Crippen molar-refractivity contribution in [1.82, 2.24) is 0 Å². The number of carbonyl (C=O) groups excluding carboxylic acids is 4. The van der Waals surface area contributed by atoms with Crippen molar-refractivity contribution in [2.75, 3.05) is 28.4 Å². The van der Waals surface area contributed by atoms with Gasteiger partial charge in [0, 0.05) is 17.9 Å². The number of esters is 4. The normalized spacial score (nSPS) is 23.7. The van der Waals surface area contributed by atoms with Crippen LogP contribution in [0.5, 0.6) is 0 Å². The third-order valence-corrected chi connectivity index (χ3v) is 11.5. The van der Waals surface area contributed by atoms with E-state index in [0.29, 0.717) is 11.3 Å². The van der Waals surface area contributed by atoms with Crippen LogP contribution in [0, 0.1) is 5.92 Å². The lowest BCUT2D eigenvalue weighted by molar-refractivity contribution is -0.140. The topological polar surface area (TPSA) is 124 Å². The van der Waals surface area contributed by atoms with Crippen molar-refractivity contribution in [1.29, 1.82) is 0 Å². The number of carbonyl (C=O) groups is 4. The third kappa shape index (κ3) is 4.20. The van der Waals surface area contributed by atoms with E-state index in [-0.39, 0.29) is 33.8 Å². The maximum absolute atomic E-state index is 13.0. The Morgan fingerprint density at radius 2 is 1.29 bits per heavy atom. The van der Waals surface area contributed by atoms with E-state index in [0.717, 1.165) is 0 Å². The average molecular weight is 509 g/mol. The van der Waals surface area contributed by atoms with Gasteiger partial charge in [-0.25, -0.2) is 19.2 Å². The number of methoxy groups -OCH3 is 4. The van der Waals surface area contributed by atoms with Gasteiger partial charge in [-0.1, -0.05) is 20.8 Å². The van der Waals surface area contributed by atoms with Gasteiger partial charge in [-0.3, -0.25) is 0 Å². The molecule has 3 atom stereocenters. The second-order valence-corrected chi connectivity index (χ2v) is 14.7. The van der Waals surface area contributed by atoms with Gasteiger partial charge in [0.25, 0.3) is 0 Å². The molecular formula is C24H32O10Si. The molecule has 1 aliphatic carbocycles. The zero-order valence-corrected chi connectivity index (χ0v) is 22.5. The summed E-state index contributed by atoms with van der Waals surface area (Å²) in [7, 11) is 2.34. The minimum atomic E-state index is -2.44. The Labute approximate surface area is 205 Å². The summed E-state index contributed by atoms with van der Waals surface area (Å²) >= 11 is 0. The lowest BCUT2D eigenvalue weighted by Crippen LogP contribution is -2.43. The first kappa shape index (κ1) is 26.7. The fourth-order valence-corrected chi connectivity index (χ4v) is 5.55. The van der Waals surface area contributed by atoms with E-state index in [1.807, 2.05) is 13.1 Å². The van der Waals surface area contributed by atoms with Crippen LogP contribution in [-0.2, 0) is 47.3 Å². The van der Waals surface area contributed by atoms with E-state index in [2.05, 4.69) is 20.8 Å². The van der Waals surface area contributed by atoms with E-state index < -0.39 is 50.3 Å². The zero-order chi connectivity index (χ0) is 26.5. The molecule has 192 valence electrons. The van der Waals surface area contributed by atoms with Crippen LogP contribution in [-0.4, -0.2) is 72.8 Å². The highest BCUT2D eigenvalue weighted by Gasteiger charge is 2.61. The Morgan fingerprint density at radius 1 is 0.800 bits per heavy atom. The number of hydrogen-bond donors (Lipinski definition) is 0. The van der Waals surface area contributed by atoms with Crippen molar-refractivity contribution in [2.45, 2.75) is 57.5 Å². The number of ether oxygens (including phenoxy) is 5. The molecule has 1 fully saturated rings. The molecule has 0 aromatic rings. The largest absolute Gasteiger partial charge is 0.546 e. The Bertz CT molecular complexity index is 1070. The number of rotatable bonds is 6. The fourth-order valence-electron chi connectivity index (χ4n) is 4.43. The van der Waals surface area contributed by atoms with Crippen molar-refractivity contribution in [3.8, 4) is 0 Å². The summed E-state index contributed by atoms with van der Waals surface area (Å²) in [6.45, 7) is 10.3. The van der Waals surface area contributed by atoms with Gasteiger partial charge in [-0.05, 0) is 18.1 Å². The first-order chi connectivity index (χ1) is 16.2. The molecule has 3 aliphatic rings. The molecular weight excluding hydrogens is 476 g/mol. The molecule has 0 saturated carbocycles. The molecule has 1 saturated heterocycles. The SMILES string of the molecule is COC(=O)C1=C(C(=O)OC)C2C(=C(O[Si](C)(C)C(C)(C)C)C1)[C@H]1O[C@@H]2C(C(=O)OC)=C1C(=O)OC. The Morgan fingerprint density at radius 3 is 1.77 bits per heavy atom. The maximum Gasteiger partial charge on any atom is 0.337 e. The van der Waals surface area contributed by atoms with Crippen molar-refractivity contribution in [2.24, 2.45) is 5.92 Å². The fraction of sp³-hybridized carbons (Fsp3) is 0.583. The van der Waals surface area contributed by atoms with E-state index in [4.69, 9.17) is 28.1 Å². The van der Waals surface area contributed by atoms with Gasteiger partial charge >= 0.3 is 23.9 Å². The molecule has 2 heterocycles. The number of fused-ring (bicyclic) bond motifs is 5. The van der Waals surface area contributed by atoms with Crippen molar-refractivity contribution in [3.63, 3.8) is 0 Å². The smallest absolute Gasteiger partial charge is 0.337 e. The van der Waals surface area contributed by atoms with Crippen LogP contribution in [0.4, 0.5) is 0 Å². The second kappa shape index (κ2) is 9.27. The van der Waals surface area contributed by atoms with Gasteiger partial charge in [0.05, 0.1) is 56.5 Å². The van der Waals surface area contributed by atoms with Crippen LogP contribution in [0.15, 0.2) is 33.6 Å². The maximum atomic E-state index is 13.0. The molecule has 3 rings (SSSR count). The van der Waals surface area contributed by atoms with Crippen molar-refractivity contribution in [3.05, 3.63) is 33.6 Å². The van der Waals surface area contributed by atoms with Crippen LogP contribution < -0.4 is 0 Å². The van der Waals surface area contributed by atoms with Crippen LogP contribution in [0.2, 0.25) is 18.1 Å². The van der Waals surface area contributed by atoms with Gasteiger partial charge in [0.2, 0.25) is 8.32 Å². The first-order valence-corrected chi connectivity index (χ1v) is 14.0. The van der Waals surface area contributed by atoms with Gasteiger partial charge in [-0.15, -0.1) is 0 Å². The van der Waals surface area contributed by atoms with E-state index in [1.165, 1.54) is 28.4 Å². The molecule has 0 spiro atoms. The molecule has 2 bridgehead atoms. The molecule has 0 N–H and O–H groups in total. The van der Waals surface area contributed by atoms with Crippen LogP contribution in [0.1, 0.15) is 27.2 Å². The lowest BCUT2D eigenvalue weighted by atomic mass is 9.71. The monoisotopic (exact) mass is 508 g/mol. The zero-order valence-electron chi connectivity index (χ0n) is 21.5. The van der Waals surface area contributed by atoms with Crippen LogP contribution in [0.25, 0.3) is 0 Å². The third-order valence-electron chi connectivity index (χ3n) is 7.17. The predicted molar refractivity (Wildman–Crippen MR) is 124 cm³/mol. The summed E-state index contributed by atoms with van der Waals surface area (Å²) in [5, 5.41) is -0.190. The Hall–Kier alpha value is -2.92. The number of hydrogen-bond acceptors (Lipinski definition) is 10. The van der Waals surface area contributed by atoms with E-state index in [9.17, 15) is 19.2 Å². The molecule has 10 nitrogen and oxygen atoms in total. The standard InChI is InChI=1S/C24H32O10Si/c1-24(2,3)35(8,9)34-12-10-11(20(25)29-4)13(21(26)30-5)15-14(12)18-16(22(27)31-6)17(19(15)33-18)23(28)32-7/h15,18-19H,10H2,1-9H3/t15?,18-,19+/m1/s1. The summed E-state index contributed by atoms with van der Waals surface area (Å²) in [6, 6.07) is 0. The van der Waals surface area contributed by atoms with Gasteiger partial charge < -0.3 is 28.1 Å². The quantitative estimate of drug-likeness (QED) is 0.300. The summed E-state index contributed by atoms with van der Waals surface area (Å²) < 4.78 is 32.6. The summed E-state index contributed by atoms with van der Waals surface area (Å²) in [4.78, 5) is 51.3. The average Bonchev–Trinajstić information content (AvgIpc) is 3.38. The lowest BCUT2D eigenvalue weighted by Gasteiger charge is -2.40. The Kier molecular flexibility index (Phi) is 7.06. The summed E-state index contributed by atoms with van der Waals surface area (Å²) in [5.41, 5.74) is 0.507. The van der Waals surface area contributed by atoms with Gasteiger partial charge in [0.15, 0.2) is 0 Å². The first-order valence-electron chi connectivity index (χ1n) is 11.1. The molecule has 2 aliphatic heterocycles. The highest BCUT2D eigenvalue weighted by Crippen LogP contribution is 2.55. The molecule has 0 aromatic carbocycles. The molecule has 0 radical (unpaired) electrons. The molecule has 35 heavy (non-hydrogen) atoms. The number of allylic oxidation sites excluding steroid dienone is 1. The molecule has 1 unspecified atom stereocenters. The Balaban J connectivity index is 2.33. The minimum absolute atomic E-state index is 0.00216. The van der Waals surface area contributed by atoms with Gasteiger partial charge in [0.1, 0.15) is 12.2 Å². The molecule has 0 amide bonds. The van der Waals surface area contributed by atoms with Gasteiger partial charge in [-0.2, -0.15) is 0 Å². The molecule has 0 aromatic heterocycles. The highest BCUT2D eigenvalue weighted by molar-refractivity contribution is 6.74. The molecule has 11 heteroatoms. The summed E-state index contributed by atoms with van der Waals surface area (Å²) in [6.07, 6.45) is -2.14. The predicted octanol–water partition coefficient (Wildman–Crippen LogP) is 2.35.